The maximum Gasteiger partial charge on any atom is 0.417 e. The number of nitrogens with one attached hydrogen (secondary N) is 3. The number of morpholine rings is 1. The summed E-state index contributed by atoms with van der Waals surface area (Å²) in [6, 6.07) is 10.0. The standard InChI is InChI=1S/C22H21FN6O3/c1-13-12-24-21(26-16-8-14(23)9-17(10-16)29-4-6-31-7-5-29)28-20(13)25-15-2-3-19-18(11-15)27-22(30)32-19/h2-3,8-12H,4-7H2,1H3,(H,27,30)(H2,24,25,26,28). The fraction of sp³-hybridized carbons (Fsp3) is 0.227. The van der Waals surface area contributed by atoms with E-state index in [1.165, 1.54) is 12.1 Å². The Balaban J connectivity index is 1.38. The van der Waals surface area contributed by atoms with Crippen molar-refractivity contribution in [1.82, 2.24) is 15.0 Å². The molecule has 3 heterocycles. The van der Waals surface area contributed by atoms with Gasteiger partial charge >= 0.3 is 5.76 Å². The summed E-state index contributed by atoms with van der Waals surface area (Å²) >= 11 is 0. The molecular formula is C22H21FN6O3. The minimum Gasteiger partial charge on any atom is -0.408 e. The molecule has 1 saturated heterocycles. The van der Waals surface area contributed by atoms with Gasteiger partial charge in [-0.15, -0.1) is 0 Å². The number of aryl methyl sites for hydroxylation is 1. The summed E-state index contributed by atoms with van der Waals surface area (Å²) in [5.41, 5.74) is 3.94. The van der Waals surface area contributed by atoms with E-state index in [-0.39, 0.29) is 5.82 Å². The zero-order valence-electron chi connectivity index (χ0n) is 17.3. The third-order valence-corrected chi connectivity index (χ3v) is 5.17. The average Bonchev–Trinajstić information content (AvgIpc) is 3.15. The van der Waals surface area contributed by atoms with Crippen LogP contribution in [0.25, 0.3) is 11.1 Å². The minimum atomic E-state index is -0.506. The van der Waals surface area contributed by atoms with Crippen LogP contribution in [0.4, 0.5) is 33.2 Å². The lowest BCUT2D eigenvalue weighted by Crippen LogP contribution is -2.36. The second kappa shape index (κ2) is 8.31. The number of hydrogen-bond donors (Lipinski definition) is 3. The van der Waals surface area contributed by atoms with Gasteiger partial charge in [0.2, 0.25) is 5.95 Å². The molecule has 4 aromatic rings. The number of hydrogen-bond acceptors (Lipinski definition) is 8. The van der Waals surface area contributed by atoms with E-state index in [4.69, 9.17) is 9.15 Å². The number of benzene rings is 2. The normalized spacial score (nSPS) is 14.0. The number of aromatic amines is 1. The zero-order chi connectivity index (χ0) is 22.1. The topological polar surface area (TPSA) is 108 Å². The van der Waals surface area contributed by atoms with Gasteiger partial charge in [0.05, 0.1) is 18.7 Å². The van der Waals surface area contributed by atoms with E-state index in [0.29, 0.717) is 54.9 Å². The van der Waals surface area contributed by atoms with E-state index < -0.39 is 5.76 Å². The number of nitrogens with zero attached hydrogens (tertiary/aromatic N) is 3. The number of oxazole rings is 1. The van der Waals surface area contributed by atoms with Gasteiger partial charge in [-0.25, -0.2) is 14.2 Å². The van der Waals surface area contributed by atoms with Crippen LogP contribution in [0, 0.1) is 12.7 Å². The first-order chi connectivity index (χ1) is 15.5. The van der Waals surface area contributed by atoms with Crippen molar-refractivity contribution in [3.05, 3.63) is 64.5 Å². The quantitative estimate of drug-likeness (QED) is 0.435. The van der Waals surface area contributed by atoms with Crippen LogP contribution in [0.1, 0.15) is 5.56 Å². The maximum atomic E-state index is 14.3. The van der Waals surface area contributed by atoms with Crippen LogP contribution in [0.2, 0.25) is 0 Å². The van der Waals surface area contributed by atoms with E-state index in [9.17, 15) is 9.18 Å². The Morgan fingerprint density at radius 2 is 1.94 bits per heavy atom. The predicted molar refractivity (Wildman–Crippen MR) is 120 cm³/mol. The average molecular weight is 436 g/mol. The number of fused-ring (bicyclic) bond motifs is 1. The molecule has 0 saturated carbocycles. The van der Waals surface area contributed by atoms with Crippen LogP contribution in [0.3, 0.4) is 0 Å². The molecule has 1 aliphatic rings. The Hall–Kier alpha value is -3.92. The predicted octanol–water partition coefficient (Wildman–Crippen LogP) is 3.68. The molecule has 5 rings (SSSR count). The third kappa shape index (κ3) is 4.26. The Bertz CT molecular complexity index is 1330. The van der Waals surface area contributed by atoms with E-state index in [0.717, 1.165) is 16.9 Å². The van der Waals surface area contributed by atoms with Crippen LogP contribution >= 0.6 is 0 Å². The highest BCUT2D eigenvalue weighted by molar-refractivity contribution is 5.78. The molecule has 10 heteroatoms. The highest BCUT2D eigenvalue weighted by Crippen LogP contribution is 2.26. The van der Waals surface area contributed by atoms with Gasteiger partial charge in [-0.3, -0.25) is 4.98 Å². The lowest BCUT2D eigenvalue weighted by atomic mass is 10.2. The molecule has 1 aliphatic heterocycles. The molecule has 9 nitrogen and oxygen atoms in total. The van der Waals surface area contributed by atoms with Crippen LogP contribution < -0.4 is 21.3 Å². The molecule has 0 radical (unpaired) electrons. The Labute approximate surface area is 182 Å². The molecule has 164 valence electrons. The van der Waals surface area contributed by atoms with E-state index in [2.05, 4.69) is 30.5 Å². The van der Waals surface area contributed by atoms with Crippen LogP contribution in [0.15, 0.2) is 51.8 Å². The summed E-state index contributed by atoms with van der Waals surface area (Å²) in [5.74, 6) is 0.0599. The summed E-state index contributed by atoms with van der Waals surface area (Å²) in [6.07, 6.45) is 1.68. The van der Waals surface area contributed by atoms with Crippen molar-refractivity contribution in [2.75, 3.05) is 41.8 Å². The van der Waals surface area contributed by atoms with E-state index in [1.807, 2.05) is 13.0 Å². The number of ether oxygens (including phenoxy) is 1. The van der Waals surface area contributed by atoms with Crippen molar-refractivity contribution in [3.63, 3.8) is 0 Å². The van der Waals surface area contributed by atoms with Crippen molar-refractivity contribution >= 4 is 39.9 Å². The molecule has 0 amide bonds. The number of anilines is 5. The summed E-state index contributed by atoms with van der Waals surface area (Å²) in [4.78, 5) is 24.9. The summed E-state index contributed by atoms with van der Waals surface area (Å²) in [5, 5.41) is 6.31. The first kappa shape index (κ1) is 20.0. The Kier molecular flexibility index (Phi) is 5.20. The molecule has 1 fully saturated rings. The lowest BCUT2D eigenvalue weighted by Gasteiger charge is -2.29. The first-order valence-electron chi connectivity index (χ1n) is 10.2. The molecule has 0 aliphatic carbocycles. The van der Waals surface area contributed by atoms with Crippen molar-refractivity contribution in [1.29, 1.82) is 0 Å². The number of aromatic nitrogens is 3. The zero-order valence-corrected chi connectivity index (χ0v) is 17.3. The summed E-state index contributed by atoms with van der Waals surface area (Å²) in [6.45, 7) is 4.54. The molecule has 0 atom stereocenters. The highest BCUT2D eigenvalue weighted by Gasteiger charge is 2.14. The van der Waals surface area contributed by atoms with Gasteiger partial charge in [0.25, 0.3) is 0 Å². The van der Waals surface area contributed by atoms with E-state index >= 15 is 0 Å². The molecule has 0 unspecified atom stereocenters. The van der Waals surface area contributed by atoms with Crippen molar-refractivity contribution < 1.29 is 13.5 Å². The number of H-pyrrole nitrogens is 1. The SMILES string of the molecule is Cc1cnc(Nc2cc(F)cc(N3CCOCC3)c2)nc1Nc1ccc2oc(=O)[nH]c2c1. The first-order valence-corrected chi connectivity index (χ1v) is 10.2. The van der Waals surface area contributed by atoms with Crippen molar-refractivity contribution in [2.45, 2.75) is 6.92 Å². The molecule has 3 N–H and O–H groups in total. The van der Waals surface area contributed by atoms with Gasteiger partial charge in [-0.05, 0) is 43.3 Å². The molecular weight excluding hydrogens is 415 g/mol. The van der Waals surface area contributed by atoms with Gasteiger partial charge < -0.3 is 24.7 Å². The number of rotatable bonds is 5. The number of halogens is 1. The Morgan fingerprint density at radius 3 is 2.78 bits per heavy atom. The van der Waals surface area contributed by atoms with Gasteiger partial charge in [-0.2, -0.15) is 4.98 Å². The van der Waals surface area contributed by atoms with Crippen molar-refractivity contribution in [2.24, 2.45) is 0 Å². The van der Waals surface area contributed by atoms with Gasteiger partial charge in [0.1, 0.15) is 11.6 Å². The minimum absolute atomic E-state index is 0.328. The van der Waals surface area contributed by atoms with Crippen molar-refractivity contribution in [3.8, 4) is 0 Å². The molecule has 2 aromatic carbocycles. The highest BCUT2D eigenvalue weighted by atomic mass is 19.1. The largest absolute Gasteiger partial charge is 0.417 e. The van der Waals surface area contributed by atoms with Gasteiger partial charge in [0, 0.05) is 41.9 Å². The van der Waals surface area contributed by atoms with E-state index in [1.54, 1.807) is 24.4 Å². The second-order valence-corrected chi connectivity index (χ2v) is 7.50. The summed E-state index contributed by atoms with van der Waals surface area (Å²) in [7, 11) is 0. The smallest absolute Gasteiger partial charge is 0.408 e. The van der Waals surface area contributed by atoms with Gasteiger partial charge in [0.15, 0.2) is 5.58 Å². The van der Waals surface area contributed by atoms with Crippen LogP contribution in [0.5, 0.6) is 0 Å². The molecule has 0 spiro atoms. The lowest BCUT2D eigenvalue weighted by molar-refractivity contribution is 0.122. The van der Waals surface area contributed by atoms with Crippen LogP contribution in [-0.4, -0.2) is 41.3 Å². The molecule has 0 bridgehead atoms. The maximum absolute atomic E-state index is 14.3. The summed E-state index contributed by atoms with van der Waals surface area (Å²) < 4.78 is 24.7. The third-order valence-electron chi connectivity index (χ3n) is 5.17. The monoisotopic (exact) mass is 436 g/mol. The van der Waals surface area contributed by atoms with Gasteiger partial charge in [-0.1, -0.05) is 0 Å². The fourth-order valence-electron chi connectivity index (χ4n) is 3.57. The molecule has 2 aromatic heterocycles. The Morgan fingerprint density at radius 1 is 1.09 bits per heavy atom. The molecule has 32 heavy (non-hydrogen) atoms. The van der Waals surface area contributed by atoms with Crippen LogP contribution in [-0.2, 0) is 4.74 Å². The fourth-order valence-corrected chi connectivity index (χ4v) is 3.57. The second-order valence-electron chi connectivity index (χ2n) is 7.50.